The molecule has 1 aliphatic heterocycles. The van der Waals surface area contributed by atoms with Crippen LogP contribution in [0.25, 0.3) is 6.08 Å². The normalized spacial score (nSPS) is 19.5. The van der Waals surface area contributed by atoms with Gasteiger partial charge in [0, 0.05) is 25.0 Å². The van der Waals surface area contributed by atoms with E-state index in [-0.39, 0.29) is 17.6 Å². The maximum atomic E-state index is 11.8. The average Bonchev–Trinajstić information content (AvgIpc) is 3.06. The van der Waals surface area contributed by atoms with E-state index >= 15 is 0 Å². The van der Waals surface area contributed by atoms with Crippen molar-refractivity contribution in [3.8, 4) is 6.07 Å². The summed E-state index contributed by atoms with van der Waals surface area (Å²) in [5, 5.41) is 11.7. The van der Waals surface area contributed by atoms with Gasteiger partial charge in [-0.05, 0) is 31.1 Å². The number of nitrogens with zero attached hydrogens (tertiary/aromatic N) is 1. The third-order valence-corrected chi connectivity index (χ3v) is 2.80. The number of nitriles is 1. The van der Waals surface area contributed by atoms with E-state index in [1.807, 2.05) is 12.1 Å². The minimum atomic E-state index is -0.359. The van der Waals surface area contributed by atoms with Crippen molar-refractivity contribution in [1.29, 1.82) is 5.26 Å². The van der Waals surface area contributed by atoms with Crippen molar-refractivity contribution < 1.29 is 9.53 Å². The van der Waals surface area contributed by atoms with E-state index in [4.69, 9.17) is 10.00 Å². The molecule has 0 aliphatic carbocycles. The van der Waals surface area contributed by atoms with Crippen molar-refractivity contribution in [1.82, 2.24) is 10.3 Å². The summed E-state index contributed by atoms with van der Waals surface area (Å²) in [6, 6.07) is 5.51. The van der Waals surface area contributed by atoms with E-state index in [1.54, 1.807) is 12.3 Å². The van der Waals surface area contributed by atoms with E-state index in [0.717, 1.165) is 25.1 Å². The van der Waals surface area contributed by atoms with Gasteiger partial charge >= 0.3 is 0 Å². The minimum Gasteiger partial charge on any atom is -0.376 e. The second-order valence-electron chi connectivity index (χ2n) is 4.14. The SMILES string of the molecule is N#C/C(=C\c1ccc[nH]1)C(=O)NCC1CCCO1. The van der Waals surface area contributed by atoms with Crippen molar-refractivity contribution in [3.05, 3.63) is 29.6 Å². The highest BCUT2D eigenvalue weighted by molar-refractivity contribution is 6.01. The Morgan fingerprint density at radius 2 is 2.61 bits per heavy atom. The predicted molar refractivity (Wildman–Crippen MR) is 66.4 cm³/mol. The summed E-state index contributed by atoms with van der Waals surface area (Å²) >= 11 is 0. The fraction of sp³-hybridized carbons (Fsp3) is 0.385. The average molecular weight is 245 g/mol. The van der Waals surface area contributed by atoms with E-state index in [1.165, 1.54) is 6.08 Å². The highest BCUT2D eigenvalue weighted by Gasteiger charge is 2.17. The van der Waals surface area contributed by atoms with E-state index in [0.29, 0.717) is 6.54 Å². The van der Waals surface area contributed by atoms with Gasteiger partial charge < -0.3 is 15.0 Å². The van der Waals surface area contributed by atoms with Crippen LogP contribution in [-0.4, -0.2) is 30.1 Å². The van der Waals surface area contributed by atoms with Crippen LogP contribution in [-0.2, 0) is 9.53 Å². The lowest BCUT2D eigenvalue weighted by Crippen LogP contribution is -2.32. The van der Waals surface area contributed by atoms with Crippen LogP contribution < -0.4 is 5.32 Å². The van der Waals surface area contributed by atoms with Crippen LogP contribution in [0, 0.1) is 11.3 Å². The molecule has 0 radical (unpaired) electrons. The Hall–Kier alpha value is -2.06. The zero-order chi connectivity index (χ0) is 12.8. The monoisotopic (exact) mass is 245 g/mol. The first-order valence-corrected chi connectivity index (χ1v) is 5.94. The first-order chi connectivity index (χ1) is 8.79. The number of aromatic amines is 1. The minimum absolute atomic E-state index is 0.0828. The lowest BCUT2D eigenvalue weighted by atomic mass is 10.2. The molecule has 0 aromatic carbocycles. The van der Waals surface area contributed by atoms with Crippen LogP contribution in [0.2, 0.25) is 0 Å². The van der Waals surface area contributed by atoms with E-state index in [9.17, 15) is 4.79 Å². The largest absolute Gasteiger partial charge is 0.376 e. The van der Waals surface area contributed by atoms with Crippen molar-refractivity contribution in [2.45, 2.75) is 18.9 Å². The molecule has 1 fully saturated rings. The first kappa shape index (κ1) is 12.4. The predicted octanol–water partition coefficient (Wildman–Crippen LogP) is 1.22. The molecule has 1 atom stereocenters. The van der Waals surface area contributed by atoms with Gasteiger partial charge in [0.2, 0.25) is 0 Å². The maximum absolute atomic E-state index is 11.8. The summed E-state index contributed by atoms with van der Waals surface area (Å²) in [6.07, 6.45) is 5.35. The highest BCUT2D eigenvalue weighted by Crippen LogP contribution is 2.11. The second kappa shape index (κ2) is 6.03. The van der Waals surface area contributed by atoms with Gasteiger partial charge in [-0.1, -0.05) is 0 Å². The Bertz CT molecular complexity index is 465. The molecule has 18 heavy (non-hydrogen) atoms. The number of hydrogen-bond acceptors (Lipinski definition) is 3. The molecule has 1 saturated heterocycles. The molecule has 1 amide bonds. The maximum Gasteiger partial charge on any atom is 0.262 e. The Kier molecular flexibility index (Phi) is 4.15. The number of aromatic nitrogens is 1. The van der Waals surface area contributed by atoms with Gasteiger partial charge in [-0.2, -0.15) is 5.26 Å². The van der Waals surface area contributed by atoms with Crippen LogP contribution in [0.3, 0.4) is 0 Å². The Morgan fingerprint density at radius 1 is 1.72 bits per heavy atom. The number of carbonyl (C=O) groups is 1. The molecule has 5 nitrogen and oxygen atoms in total. The topological polar surface area (TPSA) is 77.9 Å². The molecule has 1 aromatic heterocycles. The van der Waals surface area contributed by atoms with Crippen molar-refractivity contribution >= 4 is 12.0 Å². The number of hydrogen-bond donors (Lipinski definition) is 2. The van der Waals surface area contributed by atoms with Crippen LogP contribution in [0.1, 0.15) is 18.5 Å². The number of carbonyl (C=O) groups excluding carboxylic acids is 1. The zero-order valence-corrected chi connectivity index (χ0v) is 9.98. The van der Waals surface area contributed by atoms with Gasteiger partial charge in [-0.3, -0.25) is 4.79 Å². The summed E-state index contributed by atoms with van der Waals surface area (Å²) in [6.45, 7) is 1.21. The second-order valence-corrected chi connectivity index (χ2v) is 4.14. The molecule has 94 valence electrons. The molecular formula is C13H15N3O2. The molecule has 1 aromatic rings. The number of ether oxygens (including phenoxy) is 1. The molecule has 0 spiro atoms. The molecular weight excluding hydrogens is 230 g/mol. The zero-order valence-electron chi connectivity index (χ0n) is 9.98. The molecule has 0 saturated carbocycles. The first-order valence-electron chi connectivity index (χ1n) is 5.94. The molecule has 2 N–H and O–H groups in total. The molecule has 2 rings (SSSR count). The van der Waals surface area contributed by atoms with Gasteiger partial charge in [0.25, 0.3) is 5.91 Å². The van der Waals surface area contributed by atoms with Crippen LogP contribution >= 0.6 is 0 Å². The molecule has 0 bridgehead atoms. The van der Waals surface area contributed by atoms with Gasteiger partial charge in [-0.15, -0.1) is 0 Å². The lowest BCUT2D eigenvalue weighted by molar-refractivity contribution is -0.117. The standard InChI is InChI=1S/C13H15N3O2/c14-8-10(7-11-3-1-5-15-11)13(17)16-9-12-4-2-6-18-12/h1,3,5,7,12,15H,2,4,6,9H2,(H,16,17)/b10-7+. The van der Waals surface area contributed by atoms with Crippen molar-refractivity contribution in [2.24, 2.45) is 0 Å². The molecule has 2 heterocycles. The fourth-order valence-electron chi connectivity index (χ4n) is 1.85. The summed E-state index contributed by atoms with van der Waals surface area (Å²) in [5.74, 6) is -0.359. The fourth-order valence-corrected chi connectivity index (χ4v) is 1.85. The number of nitrogens with one attached hydrogen (secondary N) is 2. The molecule has 5 heteroatoms. The van der Waals surface area contributed by atoms with E-state index in [2.05, 4.69) is 10.3 Å². The summed E-state index contributed by atoms with van der Waals surface area (Å²) in [5.41, 5.74) is 0.828. The number of rotatable bonds is 4. The highest BCUT2D eigenvalue weighted by atomic mass is 16.5. The number of amides is 1. The molecule has 1 unspecified atom stereocenters. The quantitative estimate of drug-likeness (QED) is 0.618. The summed E-state index contributed by atoms with van der Waals surface area (Å²) in [4.78, 5) is 14.7. The smallest absolute Gasteiger partial charge is 0.262 e. The molecule has 1 aliphatic rings. The third-order valence-electron chi connectivity index (χ3n) is 2.80. The van der Waals surface area contributed by atoms with Gasteiger partial charge in [-0.25, -0.2) is 0 Å². The number of H-pyrrole nitrogens is 1. The van der Waals surface area contributed by atoms with E-state index < -0.39 is 0 Å². The van der Waals surface area contributed by atoms with Gasteiger partial charge in [0.15, 0.2) is 0 Å². The lowest BCUT2D eigenvalue weighted by Gasteiger charge is -2.09. The summed E-state index contributed by atoms with van der Waals surface area (Å²) < 4.78 is 5.40. The van der Waals surface area contributed by atoms with Crippen LogP contribution in [0.4, 0.5) is 0 Å². The Labute approximate surface area is 105 Å². The van der Waals surface area contributed by atoms with Gasteiger partial charge in [0.05, 0.1) is 6.10 Å². The van der Waals surface area contributed by atoms with Crippen LogP contribution in [0.15, 0.2) is 23.9 Å². The Morgan fingerprint density at radius 3 is 3.22 bits per heavy atom. The van der Waals surface area contributed by atoms with Crippen molar-refractivity contribution in [2.75, 3.05) is 13.2 Å². The van der Waals surface area contributed by atoms with Crippen molar-refractivity contribution in [3.63, 3.8) is 0 Å². The summed E-state index contributed by atoms with van der Waals surface area (Å²) in [7, 11) is 0. The van der Waals surface area contributed by atoms with Crippen LogP contribution in [0.5, 0.6) is 0 Å². The third kappa shape index (κ3) is 3.22. The Balaban J connectivity index is 1.91. The van der Waals surface area contributed by atoms with Gasteiger partial charge in [0.1, 0.15) is 11.6 Å².